The van der Waals surface area contributed by atoms with Crippen molar-refractivity contribution in [3.8, 4) is 5.75 Å². The van der Waals surface area contributed by atoms with Crippen LogP contribution in [0.4, 0.5) is 0 Å². The molecule has 1 fully saturated rings. The largest absolute Gasteiger partial charge is 0.508 e. The lowest BCUT2D eigenvalue weighted by atomic mass is 9.96. The molecule has 3 aromatic rings. The van der Waals surface area contributed by atoms with E-state index in [-0.39, 0.29) is 25.0 Å². The molecule has 0 saturated carbocycles. The number of carbonyl (C=O) groups excluding carboxylic acids is 7. The highest BCUT2D eigenvalue weighted by Crippen LogP contribution is 2.14. The predicted octanol–water partition coefficient (Wildman–Crippen LogP) is -0.131. The Labute approximate surface area is 361 Å². The van der Waals surface area contributed by atoms with Crippen molar-refractivity contribution in [2.75, 3.05) is 6.54 Å². The van der Waals surface area contributed by atoms with Crippen LogP contribution >= 0.6 is 0 Å². The van der Waals surface area contributed by atoms with Crippen molar-refractivity contribution < 1.29 is 43.8 Å². The second-order valence-electron chi connectivity index (χ2n) is 16.1. The van der Waals surface area contributed by atoms with Gasteiger partial charge in [-0.3, -0.25) is 33.6 Å². The van der Waals surface area contributed by atoms with E-state index in [1.54, 1.807) is 58.0 Å². The maximum Gasteiger partial charge on any atom is 0.245 e. The Bertz CT molecular complexity index is 2000. The van der Waals surface area contributed by atoms with Crippen LogP contribution in [0.15, 0.2) is 84.9 Å². The van der Waals surface area contributed by atoms with Gasteiger partial charge in [0, 0.05) is 19.4 Å². The van der Waals surface area contributed by atoms with E-state index in [4.69, 9.17) is 5.73 Å². The number of phenolic OH excluding ortho intramolecular Hbond substituents is 1. The van der Waals surface area contributed by atoms with Crippen LogP contribution < -0.4 is 43.0 Å². The molecule has 0 bridgehead atoms. The van der Waals surface area contributed by atoms with Gasteiger partial charge in [0.05, 0.1) is 12.1 Å². The fourth-order valence-electron chi connectivity index (χ4n) is 6.83. The number of carbonyl (C=O) groups is 7. The van der Waals surface area contributed by atoms with Gasteiger partial charge in [-0.05, 0) is 54.0 Å². The second kappa shape index (κ2) is 23.0. The molecule has 4 rings (SSSR count). The summed E-state index contributed by atoms with van der Waals surface area (Å²) in [5.41, 5.74) is 8.21. The van der Waals surface area contributed by atoms with Crippen LogP contribution in [0.1, 0.15) is 57.7 Å². The average Bonchev–Trinajstić information content (AvgIpc) is 3.24. The third-order valence-corrected chi connectivity index (χ3v) is 10.8. The Morgan fingerprint density at radius 1 is 0.677 bits per heavy atom. The van der Waals surface area contributed by atoms with E-state index >= 15 is 0 Å². The molecule has 1 saturated heterocycles. The predicted molar refractivity (Wildman–Crippen MR) is 231 cm³/mol. The average molecular weight is 857 g/mol. The first-order valence-electron chi connectivity index (χ1n) is 20.9. The van der Waals surface area contributed by atoms with Gasteiger partial charge in [-0.25, -0.2) is 0 Å². The number of benzene rings is 3. The van der Waals surface area contributed by atoms with Gasteiger partial charge in [0.25, 0.3) is 0 Å². The van der Waals surface area contributed by atoms with E-state index in [0.717, 1.165) is 5.56 Å². The number of hydrogen-bond donors (Lipinski definition) is 10. The lowest BCUT2D eigenvalue weighted by molar-refractivity contribution is -0.138. The fourth-order valence-corrected chi connectivity index (χ4v) is 6.83. The molecule has 17 nitrogen and oxygen atoms in total. The minimum atomic E-state index is -1.58. The molecular formula is C45H60N8O9. The van der Waals surface area contributed by atoms with E-state index in [2.05, 4.69) is 37.2 Å². The molecule has 0 radical (unpaired) electrons. The number of amides is 7. The molecule has 1 aliphatic rings. The van der Waals surface area contributed by atoms with Crippen LogP contribution in [0.2, 0.25) is 0 Å². The van der Waals surface area contributed by atoms with Crippen LogP contribution in [0, 0.1) is 11.8 Å². The Kier molecular flexibility index (Phi) is 18.0. The van der Waals surface area contributed by atoms with Crippen LogP contribution in [0.5, 0.6) is 5.75 Å². The quantitative estimate of drug-likeness (QED) is 0.103. The van der Waals surface area contributed by atoms with Crippen LogP contribution in [0.25, 0.3) is 0 Å². The van der Waals surface area contributed by atoms with Gasteiger partial charge in [0.15, 0.2) is 0 Å². The van der Waals surface area contributed by atoms with Crippen molar-refractivity contribution in [2.24, 2.45) is 17.6 Å². The van der Waals surface area contributed by atoms with Crippen molar-refractivity contribution in [3.63, 3.8) is 0 Å². The van der Waals surface area contributed by atoms with Gasteiger partial charge >= 0.3 is 0 Å². The monoisotopic (exact) mass is 856 g/mol. The summed E-state index contributed by atoms with van der Waals surface area (Å²) >= 11 is 0. The second-order valence-corrected chi connectivity index (χ2v) is 16.1. The molecule has 11 N–H and O–H groups in total. The number of nitrogens with one attached hydrogen (secondary N) is 7. The smallest absolute Gasteiger partial charge is 0.245 e. The van der Waals surface area contributed by atoms with Crippen LogP contribution in [-0.4, -0.2) is 107 Å². The van der Waals surface area contributed by atoms with Crippen molar-refractivity contribution in [3.05, 3.63) is 102 Å². The van der Waals surface area contributed by atoms with Crippen molar-refractivity contribution >= 4 is 41.4 Å². The zero-order chi connectivity index (χ0) is 45.5. The SMILES string of the molecule is CC[C@H](C)[C@@H]1NC(=O)[C@@H](NC(=O)[C@@H](NC(=O)[C@@H](N)Cc2ccccc2)C(C)C)CNC(=O)[C@@H](Cc2ccc(O)cc2)NC(=O)[C@H]([C@@H](C)O)NC(=O)[C@H](Cc2ccccc2)NC1=O. The number of nitrogens with two attached hydrogens (primary N) is 1. The zero-order valence-corrected chi connectivity index (χ0v) is 35.7. The fraction of sp³-hybridized carbons (Fsp3) is 0.444. The normalized spacial score (nSPS) is 22.4. The molecule has 3 aromatic carbocycles. The Morgan fingerprint density at radius 3 is 1.74 bits per heavy atom. The molecule has 0 aromatic heterocycles. The molecule has 1 heterocycles. The topological polar surface area (TPSA) is 270 Å². The zero-order valence-electron chi connectivity index (χ0n) is 35.7. The molecule has 0 unspecified atom stereocenters. The van der Waals surface area contributed by atoms with E-state index in [9.17, 15) is 43.8 Å². The number of aromatic hydroxyl groups is 1. The molecular weight excluding hydrogens is 797 g/mol. The van der Waals surface area contributed by atoms with Gasteiger partial charge in [-0.1, -0.05) is 107 Å². The van der Waals surface area contributed by atoms with Crippen LogP contribution in [-0.2, 0) is 52.8 Å². The van der Waals surface area contributed by atoms with E-state index in [1.165, 1.54) is 31.2 Å². The van der Waals surface area contributed by atoms with Gasteiger partial charge in [-0.2, -0.15) is 0 Å². The number of aliphatic hydroxyl groups is 1. The number of phenols is 1. The summed E-state index contributed by atoms with van der Waals surface area (Å²) in [5, 5.41) is 39.2. The highest BCUT2D eigenvalue weighted by atomic mass is 16.3. The molecule has 9 atom stereocenters. The molecule has 7 amide bonds. The Hall–Kier alpha value is -6.33. The van der Waals surface area contributed by atoms with Gasteiger partial charge in [0.1, 0.15) is 42.0 Å². The van der Waals surface area contributed by atoms with Crippen molar-refractivity contribution in [1.29, 1.82) is 0 Å². The van der Waals surface area contributed by atoms with Gasteiger partial charge in [0.2, 0.25) is 41.4 Å². The molecule has 0 aliphatic carbocycles. The molecule has 1 aliphatic heterocycles. The minimum absolute atomic E-state index is 0.0321. The van der Waals surface area contributed by atoms with Crippen LogP contribution in [0.3, 0.4) is 0 Å². The van der Waals surface area contributed by atoms with E-state index in [1.807, 2.05) is 30.3 Å². The van der Waals surface area contributed by atoms with Gasteiger partial charge < -0.3 is 53.2 Å². The Balaban J connectivity index is 1.72. The standard InChI is InChI=1S/C45H60N8O9/c1-6-26(4)37-44(61)49-34(22-29-15-11-8-12-16-29)41(58)53-38(27(5)54)45(62)48-33(23-30-17-19-31(55)20-18-30)40(57)47-24-35(42(59)52-37)50-43(60)36(25(2)3)51-39(56)32(46)21-28-13-9-7-10-14-28/h7-20,25-27,32-38,54-55H,6,21-24,46H2,1-5H3,(H,47,57)(H,48,62)(H,49,61)(H,50,60)(H,51,56)(H,52,59)(H,53,58)/t26-,27+,32-,33+,34-,35-,36-,37-,38-/m0/s1. The molecule has 62 heavy (non-hydrogen) atoms. The summed E-state index contributed by atoms with van der Waals surface area (Å²) < 4.78 is 0. The summed E-state index contributed by atoms with van der Waals surface area (Å²) in [5.74, 6) is -6.58. The van der Waals surface area contributed by atoms with E-state index < -0.39 is 108 Å². The third-order valence-electron chi connectivity index (χ3n) is 10.8. The lowest BCUT2D eigenvalue weighted by Gasteiger charge is -2.31. The van der Waals surface area contributed by atoms with E-state index in [0.29, 0.717) is 17.5 Å². The Morgan fingerprint density at radius 2 is 1.19 bits per heavy atom. The van der Waals surface area contributed by atoms with Crippen molar-refractivity contribution in [1.82, 2.24) is 37.2 Å². The highest BCUT2D eigenvalue weighted by molar-refractivity contribution is 5.98. The summed E-state index contributed by atoms with van der Waals surface area (Å²) in [6.45, 7) is 7.65. The maximum atomic E-state index is 14.3. The molecule has 17 heteroatoms. The summed E-state index contributed by atoms with van der Waals surface area (Å²) in [4.78, 5) is 97.7. The minimum Gasteiger partial charge on any atom is -0.508 e. The van der Waals surface area contributed by atoms with Crippen molar-refractivity contribution in [2.45, 2.75) is 109 Å². The molecule has 0 spiro atoms. The third kappa shape index (κ3) is 14.1. The first kappa shape index (κ1) is 48.3. The number of rotatable bonds is 14. The summed E-state index contributed by atoms with van der Waals surface area (Å²) in [7, 11) is 0. The highest BCUT2D eigenvalue weighted by Gasteiger charge is 2.37. The number of hydrogen-bond acceptors (Lipinski definition) is 10. The summed E-state index contributed by atoms with van der Waals surface area (Å²) in [6, 6.07) is 14.5. The lowest BCUT2D eigenvalue weighted by Crippen LogP contribution is -2.64. The first-order chi connectivity index (χ1) is 29.5. The van der Waals surface area contributed by atoms with Gasteiger partial charge in [-0.15, -0.1) is 0 Å². The number of aliphatic hydroxyl groups excluding tert-OH is 1. The maximum absolute atomic E-state index is 14.3. The summed E-state index contributed by atoms with van der Waals surface area (Å²) in [6.07, 6.45) is -1.03. The molecule has 334 valence electrons. The first-order valence-corrected chi connectivity index (χ1v) is 20.9.